The van der Waals surface area contributed by atoms with Crippen LogP contribution in [0.15, 0.2) is 0 Å². The van der Waals surface area contributed by atoms with E-state index in [1.165, 1.54) is 4.31 Å². The molecule has 0 aromatic rings. The van der Waals surface area contributed by atoms with Gasteiger partial charge in [-0.15, -0.1) is 0 Å². The highest BCUT2D eigenvalue weighted by atomic mass is 32.2. The molecule has 1 saturated heterocycles. The molecule has 6 heteroatoms. The number of sulfonamides is 1. The SMILES string of the molecule is CC(C)(C)CS(=O)(=O)N1CCCCCC1C(=O)O. The molecule has 1 unspecified atom stereocenters. The molecule has 0 radical (unpaired) electrons. The minimum Gasteiger partial charge on any atom is -0.480 e. The van der Waals surface area contributed by atoms with E-state index in [1.54, 1.807) is 0 Å². The average Bonchev–Trinajstić information content (AvgIpc) is 2.38. The van der Waals surface area contributed by atoms with E-state index in [9.17, 15) is 18.3 Å². The van der Waals surface area contributed by atoms with Crippen LogP contribution < -0.4 is 0 Å². The van der Waals surface area contributed by atoms with Gasteiger partial charge in [0.2, 0.25) is 10.0 Å². The molecule has 1 N–H and O–H groups in total. The number of carbonyl (C=O) groups is 1. The van der Waals surface area contributed by atoms with Crippen LogP contribution in [0, 0.1) is 5.41 Å². The van der Waals surface area contributed by atoms with Crippen LogP contribution in [-0.4, -0.2) is 42.1 Å². The molecule has 0 aromatic heterocycles. The van der Waals surface area contributed by atoms with Gasteiger partial charge >= 0.3 is 5.97 Å². The summed E-state index contributed by atoms with van der Waals surface area (Å²) in [5.41, 5.74) is -0.367. The summed E-state index contributed by atoms with van der Waals surface area (Å²) in [6.45, 7) is 5.86. The van der Waals surface area contributed by atoms with Gasteiger partial charge in [0.05, 0.1) is 5.75 Å². The van der Waals surface area contributed by atoms with E-state index in [-0.39, 0.29) is 11.2 Å². The lowest BCUT2D eigenvalue weighted by molar-refractivity contribution is -0.141. The minimum atomic E-state index is -3.51. The molecule has 5 nitrogen and oxygen atoms in total. The number of carboxylic acid groups (broad SMARTS) is 1. The zero-order valence-corrected chi connectivity index (χ0v) is 12.2. The van der Waals surface area contributed by atoms with E-state index in [2.05, 4.69) is 0 Å². The van der Waals surface area contributed by atoms with Crippen molar-refractivity contribution in [3.63, 3.8) is 0 Å². The van der Waals surface area contributed by atoms with Crippen molar-refractivity contribution in [1.82, 2.24) is 4.31 Å². The Morgan fingerprint density at radius 3 is 2.39 bits per heavy atom. The van der Waals surface area contributed by atoms with E-state index in [0.717, 1.165) is 19.3 Å². The maximum Gasteiger partial charge on any atom is 0.322 e. The topological polar surface area (TPSA) is 74.7 Å². The molecule has 1 aliphatic heterocycles. The van der Waals surface area contributed by atoms with Gasteiger partial charge in [-0.25, -0.2) is 8.42 Å². The lowest BCUT2D eigenvalue weighted by Gasteiger charge is -2.29. The molecule has 1 rings (SSSR count). The van der Waals surface area contributed by atoms with E-state index in [4.69, 9.17) is 0 Å². The van der Waals surface area contributed by atoms with Crippen molar-refractivity contribution in [2.24, 2.45) is 5.41 Å². The van der Waals surface area contributed by atoms with E-state index in [0.29, 0.717) is 13.0 Å². The Kier molecular flexibility index (Phi) is 4.78. The van der Waals surface area contributed by atoms with Gasteiger partial charge in [-0.1, -0.05) is 33.6 Å². The monoisotopic (exact) mass is 277 g/mol. The fourth-order valence-electron chi connectivity index (χ4n) is 2.29. The van der Waals surface area contributed by atoms with Crippen molar-refractivity contribution in [1.29, 1.82) is 0 Å². The summed E-state index contributed by atoms with van der Waals surface area (Å²) >= 11 is 0. The molecular weight excluding hydrogens is 254 g/mol. The van der Waals surface area contributed by atoms with E-state index >= 15 is 0 Å². The summed E-state index contributed by atoms with van der Waals surface area (Å²) in [5, 5.41) is 9.19. The minimum absolute atomic E-state index is 0.0101. The van der Waals surface area contributed by atoms with Crippen LogP contribution in [0.5, 0.6) is 0 Å². The summed E-state index contributed by atoms with van der Waals surface area (Å²) in [4.78, 5) is 11.2. The summed E-state index contributed by atoms with van der Waals surface area (Å²) < 4.78 is 25.9. The highest BCUT2D eigenvalue weighted by Gasteiger charge is 2.37. The normalized spacial score (nSPS) is 23.6. The molecule has 1 aliphatic rings. The highest BCUT2D eigenvalue weighted by molar-refractivity contribution is 7.89. The predicted octanol–water partition coefficient (Wildman–Crippen LogP) is 1.69. The third-order valence-corrected chi connectivity index (χ3v) is 5.34. The van der Waals surface area contributed by atoms with Crippen LogP contribution in [-0.2, 0) is 14.8 Å². The van der Waals surface area contributed by atoms with Gasteiger partial charge in [0, 0.05) is 6.54 Å². The molecule has 1 atom stereocenters. The van der Waals surface area contributed by atoms with Gasteiger partial charge in [-0.2, -0.15) is 4.31 Å². The smallest absolute Gasteiger partial charge is 0.322 e. The summed E-state index contributed by atoms with van der Waals surface area (Å²) in [7, 11) is -3.51. The molecule has 106 valence electrons. The summed E-state index contributed by atoms with van der Waals surface area (Å²) in [5.74, 6) is -1.04. The summed E-state index contributed by atoms with van der Waals surface area (Å²) in [6, 6.07) is -0.889. The zero-order chi connectivity index (χ0) is 14.0. The van der Waals surface area contributed by atoms with Crippen molar-refractivity contribution in [2.45, 2.75) is 52.5 Å². The second-order valence-corrected chi connectivity index (χ2v) is 8.05. The first kappa shape index (κ1) is 15.4. The van der Waals surface area contributed by atoms with Crippen molar-refractivity contribution in [2.75, 3.05) is 12.3 Å². The van der Waals surface area contributed by atoms with Crippen LogP contribution >= 0.6 is 0 Å². The Morgan fingerprint density at radius 1 is 1.28 bits per heavy atom. The Balaban J connectivity index is 2.98. The Morgan fingerprint density at radius 2 is 1.89 bits per heavy atom. The van der Waals surface area contributed by atoms with Crippen LogP contribution in [0.3, 0.4) is 0 Å². The molecule has 18 heavy (non-hydrogen) atoms. The Hall–Kier alpha value is -0.620. The fraction of sp³-hybridized carbons (Fsp3) is 0.917. The number of hydrogen-bond acceptors (Lipinski definition) is 3. The van der Waals surface area contributed by atoms with Crippen molar-refractivity contribution < 1.29 is 18.3 Å². The first-order valence-corrected chi connectivity index (χ1v) is 7.97. The molecular formula is C12H23NO4S. The van der Waals surface area contributed by atoms with Crippen molar-refractivity contribution >= 4 is 16.0 Å². The average molecular weight is 277 g/mol. The second-order valence-electron chi connectivity index (χ2n) is 6.13. The van der Waals surface area contributed by atoms with Crippen LogP contribution in [0.4, 0.5) is 0 Å². The molecule has 0 spiro atoms. The number of nitrogens with zero attached hydrogens (tertiary/aromatic N) is 1. The van der Waals surface area contributed by atoms with Gasteiger partial charge < -0.3 is 5.11 Å². The molecule has 1 fully saturated rings. The van der Waals surface area contributed by atoms with E-state index < -0.39 is 22.0 Å². The highest BCUT2D eigenvalue weighted by Crippen LogP contribution is 2.25. The maximum absolute atomic E-state index is 12.3. The van der Waals surface area contributed by atoms with Crippen LogP contribution in [0.25, 0.3) is 0 Å². The molecule has 0 bridgehead atoms. The first-order chi connectivity index (χ1) is 8.13. The first-order valence-electron chi connectivity index (χ1n) is 6.36. The number of hydrogen-bond donors (Lipinski definition) is 1. The Labute approximate surface area is 109 Å². The van der Waals surface area contributed by atoms with Gasteiger partial charge in [-0.3, -0.25) is 4.79 Å². The van der Waals surface area contributed by atoms with Gasteiger partial charge in [0.1, 0.15) is 6.04 Å². The summed E-state index contributed by atoms with van der Waals surface area (Å²) in [6.07, 6.45) is 2.83. The number of aliphatic carboxylic acids is 1. The van der Waals surface area contributed by atoms with E-state index in [1.807, 2.05) is 20.8 Å². The third kappa shape index (κ3) is 4.24. The van der Waals surface area contributed by atoms with Crippen LogP contribution in [0.2, 0.25) is 0 Å². The second kappa shape index (κ2) is 5.57. The quantitative estimate of drug-likeness (QED) is 0.852. The third-order valence-electron chi connectivity index (χ3n) is 2.96. The largest absolute Gasteiger partial charge is 0.480 e. The van der Waals surface area contributed by atoms with Gasteiger partial charge in [0.15, 0.2) is 0 Å². The molecule has 0 saturated carbocycles. The zero-order valence-electron chi connectivity index (χ0n) is 11.3. The molecule has 0 aliphatic carbocycles. The molecule has 1 heterocycles. The lowest BCUT2D eigenvalue weighted by atomic mass is 10.0. The predicted molar refractivity (Wildman–Crippen MR) is 69.8 cm³/mol. The Bertz CT molecular complexity index is 397. The standard InChI is InChI=1S/C12H23NO4S/c1-12(2,3)9-18(16,17)13-8-6-4-5-7-10(13)11(14)15/h10H,4-9H2,1-3H3,(H,14,15). The van der Waals surface area contributed by atoms with Crippen molar-refractivity contribution in [3.05, 3.63) is 0 Å². The number of rotatable bonds is 3. The van der Waals surface area contributed by atoms with Crippen LogP contribution in [0.1, 0.15) is 46.5 Å². The lowest BCUT2D eigenvalue weighted by Crippen LogP contribution is -2.47. The fourth-order valence-corrected chi connectivity index (χ4v) is 4.54. The number of carboxylic acids is 1. The maximum atomic E-state index is 12.3. The molecule has 0 aromatic carbocycles. The van der Waals surface area contributed by atoms with Gasteiger partial charge in [0.25, 0.3) is 0 Å². The van der Waals surface area contributed by atoms with Crippen molar-refractivity contribution in [3.8, 4) is 0 Å². The molecule has 0 amide bonds. The van der Waals surface area contributed by atoms with Gasteiger partial charge in [-0.05, 0) is 18.3 Å².